The molecule has 6 heteroatoms. The lowest BCUT2D eigenvalue weighted by Crippen LogP contribution is -2.29. The maximum absolute atomic E-state index is 12.2. The van der Waals surface area contributed by atoms with Gasteiger partial charge in [-0.2, -0.15) is 0 Å². The maximum atomic E-state index is 12.2. The molecule has 0 atom stereocenters. The van der Waals surface area contributed by atoms with Crippen molar-refractivity contribution in [2.24, 2.45) is 0 Å². The molecule has 0 bridgehead atoms. The van der Waals surface area contributed by atoms with Crippen LogP contribution in [-0.2, 0) is 16.0 Å². The standard InChI is InChI=1S/C18H23N3O2S/c1-4-5-9-21(3)17(23)11-16-12-24-18(20-16)14-7-6-8-15(10-14)19-13(2)22/h6-8,10,12H,4-5,9,11H2,1-3H3,(H,19,22). The molecule has 1 aromatic heterocycles. The Hall–Kier alpha value is -2.21. The zero-order valence-electron chi connectivity index (χ0n) is 14.3. The molecule has 0 aliphatic rings. The van der Waals surface area contributed by atoms with E-state index in [2.05, 4.69) is 17.2 Å². The van der Waals surface area contributed by atoms with Gasteiger partial charge < -0.3 is 10.2 Å². The molecule has 2 amide bonds. The Morgan fingerprint density at radius 3 is 2.83 bits per heavy atom. The zero-order valence-corrected chi connectivity index (χ0v) is 15.2. The van der Waals surface area contributed by atoms with Gasteiger partial charge in [0.15, 0.2) is 0 Å². The Morgan fingerprint density at radius 1 is 1.33 bits per heavy atom. The van der Waals surface area contributed by atoms with Gasteiger partial charge in [-0.1, -0.05) is 25.5 Å². The Bertz CT molecular complexity index is 712. The van der Waals surface area contributed by atoms with Crippen LogP contribution in [0.15, 0.2) is 29.6 Å². The quantitative estimate of drug-likeness (QED) is 0.834. The summed E-state index contributed by atoms with van der Waals surface area (Å²) >= 11 is 1.51. The second-order valence-electron chi connectivity index (χ2n) is 5.75. The van der Waals surface area contributed by atoms with E-state index in [0.717, 1.165) is 41.3 Å². The molecule has 0 spiro atoms. The fraction of sp³-hybridized carbons (Fsp3) is 0.389. The van der Waals surface area contributed by atoms with Crippen LogP contribution in [0.3, 0.4) is 0 Å². The minimum atomic E-state index is -0.104. The highest BCUT2D eigenvalue weighted by atomic mass is 32.1. The van der Waals surface area contributed by atoms with E-state index in [4.69, 9.17) is 0 Å². The molecule has 0 aliphatic carbocycles. The van der Waals surface area contributed by atoms with E-state index in [1.807, 2.05) is 36.7 Å². The van der Waals surface area contributed by atoms with Gasteiger partial charge in [0.25, 0.3) is 0 Å². The summed E-state index contributed by atoms with van der Waals surface area (Å²) in [5.41, 5.74) is 2.46. The van der Waals surface area contributed by atoms with Crippen molar-refractivity contribution < 1.29 is 9.59 Å². The lowest BCUT2D eigenvalue weighted by Gasteiger charge is -2.15. The van der Waals surface area contributed by atoms with Crippen LogP contribution in [0.4, 0.5) is 5.69 Å². The number of hydrogen-bond donors (Lipinski definition) is 1. The summed E-state index contributed by atoms with van der Waals surface area (Å²) in [4.78, 5) is 29.7. The molecule has 1 heterocycles. The van der Waals surface area contributed by atoms with Crippen molar-refractivity contribution in [3.63, 3.8) is 0 Å². The smallest absolute Gasteiger partial charge is 0.228 e. The van der Waals surface area contributed by atoms with E-state index < -0.39 is 0 Å². The van der Waals surface area contributed by atoms with E-state index in [0.29, 0.717) is 6.42 Å². The van der Waals surface area contributed by atoms with Gasteiger partial charge in [0.05, 0.1) is 12.1 Å². The minimum Gasteiger partial charge on any atom is -0.345 e. The maximum Gasteiger partial charge on any atom is 0.228 e. The van der Waals surface area contributed by atoms with Gasteiger partial charge in [-0.15, -0.1) is 11.3 Å². The van der Waals surface area contributed by atoms with Crippen molar-refractivity contribution in [2.45, 2.75) is 33.1 Å². The number of carbonyl (C=O) groups excluding carboxylic acids is 2. The van der Waals surface area contributed by atoms with Crippen LogP contribution in [0.2, 0.25) is 0 Å². The Kier molecular flexibility index (Phi) is 6.49. The van der Waals surface area contributed by atoms with Crippen LogP contribution in [0, 0.1) is 0 Å². The Morgan fingerprint density at radius 2 is 2.12 bits per heavy atom. The van der Waals surface area contributed by atoms with Crippen LogP contribution in [-0.4, -0.2) is 35.3 Å². The largest absolute Gasteiger partial charge is 0.345 e. The van der Waals surface area contributed by atoms with Crippen LogP contribution in [0.5, 0.6) is 0 Å². The summed E-state index contributed by atoms with van der Waals surface area (Å²) < 4.78 is 0. The van der Waals surface area contributed by atoms with Crippen molar-refractivity contribution in [1.29, 1.82) is 0 Å². The third-order valence-electron chi connectivity index (χ3n) is 3.59. The lowest BCUT2D eigenvalue weighted by molar-refractivity contribution is -0.129. The van der Waals surface area contributed by atoms with E-state index in [-0.39, 0.29) is 11.8 Å². The lowest BCUT2D eigenvalue weighted by atomic mass is 10.2. The van der Waals surface area contributed by atoms with E-state index in [9.17, 15) is 9.59 Å². The van der Waals surface area contributed by atoms with Gasteiger partial charge in [-0.25, -0.2) is 4.98 Å². The van der Waals surface area contributed by atoms with Crippen molar-refractivity contribution in [3.8, 4) is 10.6 Å². The van der Waals surface area contributed by atoms with Crippen molar-refractivity contribution in [3.05, 3.63) is 35.3 Å². The third kappa shape index (κ3) is 5.16. The van der Waals surface area contributed by atoms with Crippen molar-refractivity contribution >= 4 is 28.8 Å². The fourth-order valence-electron chi connectivity index (χ4n) is 2.26. The Balaban J connectivity index is 2.05. The van der Waals surface area contributed by atoms with E-state index >= 15 is 0 Å². The molecule has 0 fully saturated rings. The number of benzene rings is 1. The Labute approximate surface area is 146 Å². The molecule has 1 aromatic carbocycles. The molecule has 5 nitrogen and oxygen atoms in total. The normalized spacial score (nSPS) is 10.5. The van der Waals surface area contributed by atoms with Crippen LogP contribution < -0.4 is 5.32 Å². The number of carbonyl (C=O) groups is 2. The van der Waals surface area contributed by atoms with Gasteiger partial charge in [0.2, 0.25) is 11.8 Å². The summed E-state index contributed by atoms with van der Waals surface area (Å²) in [6.07, 6.45) is 2.41. The van der Waals surface area contributed by atoms with Gasteiger partial charge in [-0.3, -0.25) is 9.59 Å². The number of thiazole rings is 1. The molecule has 2 aromatic rings. The van der Waals surface area contributed by atoms with Gasteiger partial charge in [0.1, 0.15) is 5.01 Å². The number of anilines is 1. The summed E-state index contributed by atoms with van der Waals surface area (Å²) in [6.45, 7) is 4.38. The molecule has 24 heavy (non-hydrogen) atoms. The highest BCUT2D eigenvalue weighted by Gasteiger charge is 2.12. The first-order valence-electron chi connectivity index (χ1n) is 8.06. The average molecular weight is 345 g/mol. The summed E-state index contributed by atoms with van der Waals surface area (Å²) in [5, 5.41) is 5.54. The summed E-state index contributed by atoms with van der Waals surface area (Å²) in [7, 11) is 1.84. The third-order valence-corrected chi connectivity index (χ3v) is 4.53. The van der Waals surface area contributed by atoms with Crippen LogP contribution in [0.1, 0.15) is 32.4 Å². The first-order valence-corrected chi connectivity index (χ1v) is 8.94. The number of aromatic nitrogens is 1. The number of amides is 2. The van der Waals surface area contributed by atoms with Crippen molar-refractivity contribution in [2.75, 3.05) is 18.9 Å². The van der Waals surface area contributed by atoms with Gasteiger partial charge in [0, 0.05) is 37.1 Å². The topological polar surface area (TPSA) is 62.3 Å². The zero-order chi connectivity index (χ0) is 17.5. The number of rotatable bonds is 7. The average Bonchev–Trinajstić information content (AvgIpc) is 3.00. The summed E-state index contributed by atoms with van der Waals surface area (Å²) in [6, 6.07) is 7.55. The van der Waals surface area contributed by atoms with E-state index in [1.165, 1.54) is 18.3 Å². The fourth-order valence-corrected chi connectivity index (χ4v) is 3.08. The van der Waals surface area contributed by atoms with Crippen LogP contribution in [0.25, 0.3) is 10.6 Å². The number of unbranched alkanes of at least 4 members (excludes halogenated alkanes) is 1. The second-order valence-corrected chi connectivity index (χ2v) is 6.61. The van der Waals surface area contributed by atoms with Crippen LogP contribution >= 0.6 is 11.3 Å². The predicted octanol–water partition coefficient (Wildman–Crippen LogP) is 3.57. The first kappa shape index (κ1) is 18.1. The number of nitrogens with zero attached hydrogens (tertiary/aromatic N) is 2. The number of likely N-dealkylation sites (N-methyl/N-ethyl adjacent to an activating group) is 1. The van der Waals surface area contributed by atoms with Gasteiger partial charge >= 0.3 is 0 Å². The van der Waals surface area contributed by atoms with E-state index in [1.54, 1.807) is 4.90 Å². The molecular weight excluding hydrogens is 322 g/mol. The highest BCUT2D eigenvalue weighted by Crippen LogP contribution is 2.26. The SMILES string of the molecule is CCCCN(C)C(=O)Cc1csc(-c2cccc(NC(C)=O)c2)n1. The highest BCUT2D eigenvalue weighted by molar-refractivity contribution is 7.13. The summed E-state index contributed by atoms with van der Waals surface area (Å²) in [5.74, 6) is -0.0139. The first-order chi connectivity index (χ1) is 11.5. The minimum absolute atomic E-state index is 0.0901. The molecule has 0 aliphatic heterocycles. The second kappa shape index (κ2) is 8.59. The molecule has 0 saturated carbocycles. The van der Waals surface area contributed by atoms with Gasteiger partial charge in [-0.05, 0) is 18.6 Å². The van der Waals surface area contributed by atoms with Crippen molar-refractivity contribution in [1.82, 2.24) is 9.88 Å². The molecular formula is C18H23N3O2S. The monoisotopic (exact) mass is 345 g/mol. The number of hydrogen-bond acceptors (Lipinski definition) is 4. The molecule has 2 rings (SSSR count). The molecule has 0 unspecified atom stereocenters. The predicted molar refractivity (Wildman–Crippen MR) is 98.1 cm³/mol. The molecule has 0 radical (unpaired) electrons. The number of nitrogens with one attached hydrogen (secondary N) is 1. The molecule has 0 saturated heterocycles. The molecule has 1 N–H and O–H groups in total. The molecule has 128 valence electrons.